The molecule has 2 aromatic carbocycles. The summed E-state index contributed by atoms with van der Waals surface area (Å²) in [5, 5.41) is 11.1. The van der Waals surface area contributed by atoms with Crippen LogP contribution >= 0.6 is 11.3 Å². The fraction of sp³-hybridized carbons (Fsp3) is 0.136. The van der Waals surface area contributed by atoms with Crippen LogP contribution in [-0.2, 0) is 6.54 Å². The number of hydrogen-bond acceptors (Lipinski definition) is 4. The van der Waals surface area contributed by atoms with Gasteiger partial charge in [-0.1, -0.05) is 36.4 Å². The van der Waals surface area contributed by atoms with Gasteiger partial charge in [-0.25, -0.2) is 0 Å². The third-order valence-electron chi connectivity index (χ3n) is 4.62. The number of nitrogens with one attached hydrogen (secondary N) is 2. The summed E-state index contributed by atoms with van der Waals surface area (Å²) in [4.78, 5) is 26.2. The number of carbonyl (C=O) groups is 2. The molecule has 0 unspecified atom stereocenters. The first-order valence-corrected chi connectivity index (χ1v) is 10.0. The van der Waals surface area contributed by atoms with Crippen LogP contribution in [0.1, 0.15) is 31.3 Å². The molecule has 0 bridgehead atoms. The number of nitrogens with zero attached hydrogens (tertiary/aromatic N) is 2. The zero-order valence-corrected chi connectivity index (χ0v) is 16.9. The molecule has 0 spiro atoms. The third kappa shape index (κ3) is 3.90. The summed E-state index contributed by atoms with van der Waals surface area (Å²) in [6.07, 6.45) is 0. The van der Waals surface area contributed by atoms with Crippen LogP contribution < -0.4 is 10.6 Å². The van der Waals surface area contributed by atoms with Crippen LogP contribution in [0.2, 0.25) is 0 Å². The van der Waals surface area contributed by atoms with Crippen molar-refractivity contribution < 1.29 is 9.59 Å². The molecule has 7 heteroatoms. The molecule has 0 atom stereocenters. The Morgan fingerprint density at radius 3 is 2.59 bits per heavy atom. The van der Waals surface area contributed by atoms with Crippen molar-refractivity contribution in [1.29, 1.82) is 0 Å². The molecule has 0 radical (unpaired) electrons. The van der Waals surface area contributed by atoms with Gasteiger partial charge in [0.05, 0.1) is 17.1 Å². The first-order chi connectivity index (χ1) is 14.0. The summed E-state index contributed by atoms with van der Waals surface area (Å²) in [6, 6.07) is 18.9. The van der Waals surface area contributed by atoms with Gasteiger partial charge in [0.1, 0.15) is 4.83 Å². The quantitative estimate of drug-likeness (QED) is 0.527. The molecular weight excluding hydrogens is 384 g/mol. The molecular formula is C22H20N4O2S. The second kappa shape index (κ2) is 7.89. The molecule has 0 fully saturated rings. The van der Waals surface area contributed by atoms with Crippen molar-refractivity contribution in [1.82, 2.24) is 15.1 Å². The molecule has 2 aromatic heterocycles. The number of amides is 2. The third-order valence-corrected chi connectivity index (χ3v) is 5.76. The molecule has 4 rings (SSSR count). The average molecular weight is 404 g/mol. The van der Waals surface area contributed by atoms with Gasteiger partial charge in [-0.05, 0) is 36.8 Å². The van der Waals surface area contributed by atoms with Crippen molar-refractivity contribution in [3.63, 3.8) is 0 Å². The van der Waals surface area contributed by atoms with Crippen LogP contribution in [0.15, 0.2) is 60.7 Å². The Labute approximate surface area is 172 Å². The Morgan fingerprint density at radius 2 is 1.83 bits per heavy atom. The van der Waals surface area contributed by atoms with Gasteiger partial charge < -0.3 is 10.6 Å². The first kappa shape index (κ1) is 18.9. The van der Waals surface area contributed by atoms with Gasteiger partial charge in [0.2, 0.25) is 0 Å². The van der Waals surface area contributed by atoms with Crippen LogP contribution in [0.4, 0.5) is 5.69 Å². The molecule has 0 saturated heterocycles. The molecule has 146 valence electrons. The van der Waals surface area contributed by atoms with Gasteiger partial charge in [0.15, 0.2) is 0 Å². The summed E-state index contributed by atoms with van der Waals surface area (Å²) >= 11 is 1.42. The number of carbonyl (C=O) groups excluding carboxylic acids is 2. The highest BCUT2D eigenvalue weighted by molar-refractivity contribution is 7.20. The van der Waals surface area contributed by atoms with Crippen molar-refractivity contribution >= 4 is 39.1 Å². The summed E-state index contributed by atoms with van der Waals surface area (Å²) < 4.78 is 1.94. The van der Waals surface area contributed by atoms with E-state index in [4.69, 9.17) is 0 Å². The zero-order valence-electron chi connectivity index (χ0n) is 16.1. The molecule has 29 heavy (non-hydrogen) atoms. The minimum absolute atomic E-state index is 0.195. The van der Waals surface area contributed by atoms with E-state index < -0.39 is 0 Å². The number of hydrogen-bond donors (Lipinski definition) is 2. The van der Waals surface area contributed by atoms with Crippen molar-refractivity contribution in [2.75, 3.05) is 12.4 Å². The normalized spacial score (nSPS) is 10.8. The SMILES string of the molecule is CNC(=O)c1cccc(NC(=O)c2cc3c(C)nn(Cc4ccccc4)c3s2)c1. The predicted octanol–water partition coefficient (Wildman–Crippen LogP) is 4.07. The summed E-state index contributed by atoms with van der Waals surface area (Å²) in [7, 11) is 1.58. The van der Waals surface area contributed by atoms with E-state index in [0.29, 0.717) is 22.7 Å². The Balaban J connectivity index is 1.59. The highest BCUT2D eigenvalue weighted by Crippen LogP contribution is 2.29. The molecule has 4 aromatic rings. The van der Waals surface area contributed by atoms with Crippen LogP contribution in [-0.4, -0.2) is 28.6 Å². The van der Waals surface area contributed by atoms with Gasteiger partial charge in [-0.15, -0.1) is 11.3 Å². The van der Waals surface area contributed by atoms with Gasteiger partial charge >= 0.3 is 0 Å². The smallest absolute Gasteiger partial charge is 0.265 e. The highest BCUT2D eigenvalue weighted by Gasteiger charge is 2.17. The molecule has 0 aliphatic carbocycles. The van der Waals surface area contributed by atoms with Gasteiger partial charge in [0.25, 0.3) is 11.8 Å². The number of aromatic nitrogens is 2. The van der Waals surface area contributed by atoms with Crippen molar-refractivity contribution in [3.05, 3.63) is 82.4 Å². The van der Waals surface area contributed by atoms with Crippen LogP contribution in [0.5, 0.6) is 0 Å². The molecule has 2 N–H and O–H groups in total. The van der Waals surface area contributed by atoms with E-state index in [1.807, 2.05) is 35.9 Å². The molecule has 2 amide bonds. The van der Waals surface area contributed by atoms with E-state index in [2.05, 4.69) is 27.9 Å². The lowest BCUT2D eigenvalue weighted by molar-refractivity contribution is 0.0961. The highest BCUT2D eigenvalue weighted by atomic mass is 32.1. The maximum Gasteiger partial charge on any atom is 0.265 e. The lowest BCUT2D eigenvalue weighted by Crippen LogP contribution is -2.18. The largest absolute Gasteiger partial charge is 0.355 e. The standard InChI is InChI=1S/C22H20N4O2S/c1-14-18-12-19(21(28)24-17-10-6-9-16(11-17)20(27)23-2)29-22(18)26(25-14)13-15-7-4-3-5-8-15/h3-12H,13H2,1-2H3,(H,23,27)(H,24,28). The van der Waals surface area contributed by atoms with Crippen molar-refractivity contribution in [2.24, 2.45) is 0 Å². The molecule has 0 aliphatic heterocycles. The number of aryl methyl sites for hydroxylation is 1. The Bertz CT molecular complexity index is 1190. The van der Waals surface area contributed by atoms with Crippen molar-refractivity contribution in [2.45, 2.75) is 13.5 Å². The molecule has 0 saturated carbocycles. The maximum atomic E-state index is 12.8. The number of thiophene rings is 1. The Hall–Kier alpha value is -3.45. The van der Waals surface area contributed by atoms with Crippen LogP contribution in [0.25, 0.3) is 10.2 Å². The fourth-order valence-electron chi connectivity index (χ4n) is 3.16. The summed E-state index contributed by atoms with van der Waals surface area (Å²) in [5.41, 5.74) is 3.13. The zero-order chi connectivity index (χ0) is 20.4. The number of fused-ring (bicyclic) bond motifs is 1. The molecule has 0 aliphatic rings. The lowest BCUT2D eigenvalue weighted by Gasteiger charge is -2.06. The Kier molecular flexibility index (Phi) is 5.14. The first-order valence-electron chi connectivity index (χ1n) is 9.19. The van der Waals surface area contributed by atoms with E-state index in [0.717, 1.165) is 21.5 Å². The van der Waals surface area contributed by atoms with E-state index in [9.17, 15) is 9.59 Å². The molecule has 6 nitrogen and oxygen atoms in total. The fourth-order valence-corrected chi connectivity index (χ4v) is 4.22. The van der Waals surface area contributed by atoms with Crippen LogP contribution in [0.3, 0.4) is 0 Å². The van der Waals surface area contributed by atoms with E-state index in [-0.39, 0.29) is 11.8 Å². The number of anilines is 1. The predicted molar refractivity (Wildman–Crippen MR) is 116 cm³/mol. The van der Waals surface area contributed by atoms with Gasteiger partial charge in [-0.3, -0.25) is 14.3 Å². The van der Waals surface area contributed by atoms with Gasteiger partial charge in [-0.2, -0.15) is 5.10 Å². The van der Waals surface area contributed by atoms with Crippen LogP contribution in [0, 0.1) is 6.92 Å². The second-order valence-corrected chi connectivity index (χ2v) is 7.70. The minimum atomic E-state index is -0.203. The summed E-state index contributed by atoms with van der Waals surface area (Å²) in [5.74, 6) is -0.398. The number of benzene rings is 2. The second-order valence-electron chi connectivity index (χ2n) is 6.67. The lowest BCUT2D eigenvalue weighted by atomic mass is 10.2. The maximum absolute atomic E-state index is 12.8. The van der Waals surface area contributed by atoms with Gasteiger partial charge in [0, 0.05) is 23.7 Å². The topological polar surface area (TPSA) is 76.0 Å². The molecule has 2 heterocycles. The van der Waals surface area contributed by atoms with E-state index in [1.165, 1.54) is 11.3 Å². The minimum Gasteiger partial charge on any atom is -0.355 e. The van der Waals surface area contributed by atoms with E-state index >= 15 is 0 Å². The van der Waals surface area contributed by atoms with E-state index in [1.54, 1.807) is 31.3 Å². The number of rotatable bonds is 5. The average Bonchev–Trinajstić information content (AvgIpc) is 3.30. The Morgan fingerprint density at radius 1 is 1.03 bits per heavy atom. The van der Waals surface area contributed by atoms with Crippen molar-refractivity contribution in [3.8, 4) is 0 Å². The monoisotopic (exact) mass is 404 g/mol. The summed E-state index contributed by atoms with van der Waals surface area (Å²) in [6.45, 7) is 2.60.